The van der Waals surface area contributed by atoms with E-state index < -0.39 is 95.9 Å². The molecule has 14 atom stereocenters. The van der Waals surface area contributed by atoms with Gasteiger partial charge in [0.1, 0.15) is 30.1 Å². The van der Waals surface area contributed by atoms with E-state index in [-0.39, 0.29) is 43.4 Å². The number of Topliss-reactive ketones (excluding diaryl/α,β-unsaturated/α-hetero) is 2. The van der Waals surface area contributed by atoms with Crippen LogP contribution in [0, 0.1) is 29.6 Å². The van der Waals surface area contributed by atoms with Crippen molar-refractivity contribution in [1.29, 1.82) is 0 Å². The zero-order valence-electron chi connectivity index (χ0n) is 39.6. The number of amides is 1. The zero-order valence-corrected chi connectivity index (χ0v) is 39.6. The van der Waals surface area contributed by atoms with E-state index in [2.05, 4.69) is 6.58 Å². The first-order valence-electron chi connectivity index (χ1n) is 23.4. The molecule has 14 heteroatoms. The lowest BCUT2D eigenvalue weighted by Gasteiger charge is -2.47. The number of hydrogen-bond acceptors (Lipinski definition) is 13. The van der Waals surface area contributed by atoms with Crippen molar-refractivity contribution in [1.82, 2.24) is 4.90 Å². The molecule has 2 saturated heterocycles. The van der Waals surface area contributed by atoms with Crippen LogP contribution in [0.1, 0.15) is 116 Å². The number of fused-ring (bicyclic) bond motifs is 3. The fraction of sp³-hybridized carbons (Fsp3) is 0.667. The number of rotatable bonds is 9. The number of aliphatic hydroxyl groups is 2. The first-order chi connectivity index (χ1) is 30.9. The van der Waals surface area contributed by atoms with Crippen molar-refractivity contribution >= 4 is 29.4 Å². The Balaban J connectivity index is 1.49. The summed E-state index contributed by atoms with van der Waals surface area (Å²) in [6, 6.07) is 7.59. The SMILES string of the molecule is C=CCC1/C=C(/C)CC(C)CC(OC)C2OC(O)(C(=O)C(=O)N3CCCCC3C(=O)OC(/C(C)=C/C3CCC(OC(=O)c4ccccc4)C(OC)C3)C(C)C(O)CC1=O)C(C)CC2OC. The number of ether oxygens (including phenoxy) is 6. The number of esters is 2. The second-order valence-corrected chi connectivity index (χ2v) is 19.0. The van der Waals surface area contributed by atoms with E-state index in [9.17, 15) is 34.2 Å². The van der Waals surface area contributed by atoms with Crippen molar-refractivity contribution in [2.45, 2.75) is 160 Å². The van der Waals surface area contributed by atoms with Crippen molar-refractivity contribution in [2.24, 2.45) is 29.6 Å². The van der Waals surface area contributed by atoms with Gasteiger partial charge in [-0.2, -0.15) is 0 Å². The molecule has 4 aliphatic rings. The van der Waals surface area contributed by atoms with Gasteiger partial charge in [0.15, 0.2) is 0 Å². The predicted molar refractivity (Wildman–Crippen MR) is 242 cm³/mol. The Labute approximate surface area is 385 Å². The van der Waals surface area contributed by atoms with Gasteiger partial charge in [-0.3, -0.25) is 14.4 Å². The van der Waals surface area contributed by atoms with Gasteiger partial charge in [-0.15, -0.1) is 6.58 Å². The summed E-state index contributed by atoms with van der Waals surface area (Å²) >= 11 is 0. The third-order valence-corrected chi connectivity index (χ3v) is 14.1. The van der Waals surface area contributed by atoms with Crippen LogP contribution < -0.4 is 0 Å². The molecule has 0 aromatic heterocycles. The summed E-state index contributed by atoms with van der Waals surface area (Å²) in [4.78, 5) is 71.4. The van der Waals surface area contributed by atoms with E-state index in [1.807, 2.05) is 39.0 Å². The van der Waals surface area contributed by atoms with Crippen molar-refractivity contribution < 1.29 is 62.6 Å². The number of cyclic esters (lactones) is 1. The molecule has 2 N–H and O–H groups in total. The monoisotopic (exact) mass is 908 g/mol. The third kappa shape index (κ3) is 12.7. The summed E-state index contributed by atoms with van der Waals surface area (Å²) in [5.41, 5.74) is 2.01. The number of aliphatic hydroxyl groups excluding tert-OH is 1. The van der Waals surface area contributed by atoms with Crippen LogP contribution in [0.2, 0.25) is 0 Å². The van der Waals surface area contributed by atoms with Crippen molar-refractivity contribution in [3.8, 4) is 0 Å². The number of carbonyl (C=O) groups excluding carboxylic acids is 5. The number of allylic oxidation sites excluding steroid dienone is 4. The summed E-state index contributed by atoms with van der Waals surface area (Å²) in [5.74, 6) is -8.46. The molecule has 1 amide bonds. The second kappa shape index (κ2) is 23.6. The zero-order chi connectivity index (χ0) is 47.6. The van der Waals surface area contributed by atoms with Gasteiger partial charge in [0.2, 0.25) is 5.79 Å². The lowest BCUT2D eigenvalue weighted by atomic mass is 9.81. The van der Waals surface area contributed by atoms with Gasteiger partial charge in [-0.25, -0.2) is 9.59 Å². The van der Waals surface area contributed by atoms with Gasteiger partial charge >= 0.3 is 11.9 Å². The quantitative estimate of drug-likeness (QED) is 0.156. The highest BCUT2D eigenvalue weighted by atomic mass is 16.7. The smallest absolute Gasteiger partial charge is 0.338 e. The molecule has 65 heavy (non-hydrogen) atoms. The van der Waals surface area contributed by atoms with E-state index >= 15 is 0 Å². The van der Waals surface area contributed by atoms with Crippen LogP contribution in [0.4, 0.5) is 0 Å². The van der Waals surface area contributed by atoms with E-state index in [0.717, 1.165) is 5.57 Å². The molecule has 1 aliphatic carbocycles. The minimum Gasteiger partial charge on any atom is -0.456 e. The average Bonchev–Trinajstić information content (AvgIpc) is 3.29. The van der Waals surface area contributed by atoms with Crippen LogP contribution in [0.3, 0.4) is 0 Å². The van der Waals surface area contributed by atoms with Crippen molar-refractivity contribution in [3.05, 3.63) is 71.8 Å². The van der Waals surface area contributed by atoms with E-state index in [0.29, 0.717) is 62.5 Å². The summed E-state index contributed by atoms with van der Waals surface area (Å²) < 4.78 is 36.1. The number of carbonyl (C=O) groups is 5. The Hall–Kier alpha value is -4.05. The van der Waals surface area contributed by atoms with E-state index in [4.69, 9.17) is 28.4 Å². The molecule has 0 radical (unpaired) electrons. The molecule has 1 aromatic carbocycles. The second-order valence-electron chi connectivity index (χ2n) is 19.0. The van der Waals surface area contributed by atoms with Crippen LogP contribution in [-0.2, 0) is 47.6 Å². The first kappa shape index (κ1) is 51.9. The molecule has 3 fully saturated rings. The Morgan fingerprint density at radius 1 is 0.908 bits per heavy atom. The molecular weight excluding hydrogens is 835 g/mol. The molecule has 1 aromatic rings. The first-order valence-corrected chi connectivity index (χ1v) is 23.4. The maximum Gasteiger partial charge on any atom is 0.338 e. The number of nitrogens with zero attached hydrogens (tertiary/aromatic N) is 1. The molecule has 3 heterocycles. The standard InChI is InChI=1S/C51H73NO13/c1-10-16-37-24-30(2)23-31(3)25-43(61-8)46-44(62-9)27-33(5)51(59,65-46)47(55)48(56)52-22-15-14-19-38(52)50(58)64-45(34(6)39(53)29-40(37)54)32(4)26-35-20-21-41(42(28-35)60-7)63-49(57)36-17-12-11-13-18-36/h10-13,17-18,24,26,31,33-35,37-39,41-46,53,59H,1,14-16,19-23,25,27-29H2,2-9H3/b30-24-,32-26+. The highest BCUT2D eigenvalue weighted by molar-refractivity contribution is 6.39. The van der Waals surface area contributed by atoms with Crippen LogP contribution in [0.25, 0.3) is 0 Å². The Morgan fingerprint density at radius 2 is 1.58 bits per heavy atom. The number of piperidine rings is 1. The lowest BCUT2D eigenvalue weighted by molar-refractivity contribution is -0.302. The Kier molecular flexibility index (Phi) is 18.9. The van der Waals surface area contributed by atoms with Gasteiger partial charge in [0.25, 0.3) is 11.7 Å². The molecule has 14 unspecified atom stereocenters. The minimum absolute atomic E-state index is 0.00685. The molecule has 0 spiro atoms. The van der Waals surface area contributed by atoms with Gasteiger partial charge in [-0.1, -0.05) is 62.8 Å². The molecular formula is C51H73NO13. The van der Waals surface area contributed by atoms with Crippen molar-refractivity contribution in [2.75, 3.05) is 27.9 Å². The van der Waals surface area contributed by atoms with Crippen molar-refractivity contribution in [3.63, 3.8) is 0 Å². The average molecular weight is 908 g/mol. The minimum atomic E-state index is -2.53. The predicted octanol–water partition coefficient (Wildman–Crippen LogP) is 6.50. The fourth-order valence-electron chi connectivity index (χ4n) is 10.3. The number of benzene rings is 1. The summed E-state index contributed by atoms with van der Waals surface area (Å²) in [6.45, 7) is 13.1. The summed E-state index contributed by atoms with van der Waals surface area (Å²) in [7, 11) is 4.62. The molecule has 14 nitrogen and oxygen atoms in total. The maximum absolute atomic E-state index is 14.5. The van der Waals surface area contributed by atoms with E-state index in [1.165, 1.54) is 19.1 Å². The van der Waals surface area contributed by atoms with Gasteiger partial charge in [-0.05, 0) is 108 Å². The van der Waals surface area contributed by atoms with Gasteiger partial charge in [0.05, 0.1) is 30.0 Å². The van der Waals surface area contributed by atoms with Gasteiger partial charge in [0, 0.05) is 52.0 Å². The Bertz CT molecular complexity index is 1880. The maximum atomic E-state index is 14.5. The molecule has 360 valence electrons. The van der Waals surface area contributed by atoms with Gasteiger partial charge < -0.3 is 43.5 Å². The van der Waals surface area contributed by atoms with E-state index in [1.54, 1.807) is 51.3 Å². The van der Waals surface area contributed by atoms with Crippen LogP contribution in [0.5, 0.6) is 0 Å². The lowest BCUT2D eigenvalue weighted by Crippen LogP contribution is -2.64. The molecule has 1 saturated carbocycles. The normalized spacial score (nSPS) is 37.2. The fourth-order valence-corrected chi connectivity index (χ4v) is 10.3. The third-order valence-electron chi connectivity index (χ3n) is 14.1. The highest BCUT2D eigenvalue weighted by Crippen LogP contribution is 2.39. The number of ketones is 2. The molecule has 3 aliphatic heterocycles. The number of methoxy groups -OCH3 is 3. The van der Waals surface area contributed by atoms with Crippen LogP contribution in [0.15, 0.2) is 66.3 Å². The molecule has 5 rings (SSSR count). The Morgan fingerprint density at radius 3 is 2.25 bits per heavy atom. The van der Waals surface area contributed by atoms with Crippen LogP contribution in [-0.4, -0.2) is 127 Å². The number of hydrogen-bond donors (Lipinski definition) is 2. The molecule has 2 bridgehead atoms. The largest absolute Gasteiger partial charge is 0.456 e. The van der Waals surface area contributed by atoms with Crippen LogP contribution >= 0.6 is 0 Å². The summed E-state index contributed by atoms with van der Waals surface area (Å²) in [6.07, 6.45) is 4.58. The highest BCUT2D eigenvalue weighted by Gasteiger charge is 2.56. The summed E-state index contributed by atoms with van der Waals surface area (Å²) in [5, 5.41) is 24.0. The topological polar surface area (TPSA) is 184 Å².